The van der Waals surface area contributed by atoms with Crippen molar-refractivity contribution in [2.45, 2.75) is 26.2 Å². The van der Waals surface area contributed by atoms with Crippen LogP contribution in [0.3, 0.4) is 0 Å². The van der Waals surface area contributed by atoms with E-state index in [0.29, 0.717) is 11.4 Å². The fourth-order valence-corrected chi connectivity index (χ4v) is 2.06. The van der Waals surface area contributed by atoms with E-state index in [9.17, 15) is 9.90 Å². The smallest absolute Gasteiger partial charge is 0.339 e. The molecule has 2 rings (SSSR count). The first-order chi connectivity index (χ1) is 10.1. The normalized spacial score (nSPS) is 10.3. The van der Waals surface area contributed by atoms with Gasteiger partial charge < -0.3 is 15.6 Å². The summed E-state index contributed by atoms with van der Waals surface area (Å²) in [6.45, 7) is 2.16. The van der Waals surface area contributed by atoms with Gasteiger partial charge in [0.25, 0.3) is 0 Å². The summed E-state index contributed by atoms with van der Waals surface area (Å²) in [4.78, 5) is 11.2. The molecule has 21 heavy (non-hydrogen) atoms. The number of ether oxygens (including phenoxy) is 1. The maximum Gasteiger partial charge on any atom is 0.339 e. The van der Waals surface area contributed by atoms with Gasteiger partial charge in [0.05, 0.1) is 5.69 Å². The van der Waals surface area contributed by atoms with E-state index >= 15 is 0 Å². The topological polar surface area (TPSA) is 72.5 Å². The number of aryl methyl sites for hydroxylation is 1. The third-order valence-corrected chi connectivity index (χ3v) is 3.24. The molecular weight excluding hydrogens is 266 g/mol. The van der Waals surface area contributed by atoms with Crippen LogP contribution in [0.4, 0.5) is 5.69 Å². The minimum atomic E-state index is -1.06. The first-order valence-corrected chi connectivity index (χ1v) is 7.00. The molecule has 0 aliphatic heterocycles. The van der Waals surface area contributed by atoms with E-state index in [-0.39, 0.29) is 11.3 Å². The lowest BCUT2D eigenvalue weighted by Crippen LogP contribution is -2.02. The number of carboxylic acid groups (broad SMARTS) is 1. The van der Waals surface area contributed by atoms with E-state index < -0.39 is 5.97 Å². The van der Waals surface area contributed by atoms with Gasteiger partial charge in [-0.15, -0.1) is 0 Å². The summed E-state index contributed by atoms with van der Waals surface area (Å²) in [5.41, 5.74) is 7.42. The van der Waals surface area contributed by atoms with E-state index in [1.54, 1.807) is 12.1 Å². The summed E-state index contributed by atoms with van der Waals surface area (Å²) >= 11 is 0. The van der Waals surface area contributed by atoms with Gasteiger partial charge in [-0.3, -0.25) is 0 Å². The molecule has 0 saturated heterocycles. The van der Waals surface area contributed by atoms with Gasteiger partial charge in [-0.25, -0.2) is 4.79 Å². The van der Waals surface area contributed by atoms with E-state index in [2.05, 4.69) is 6.92 Å². The number of aromatic carboxylic acids is 1. The molecule has 0 fully saturated rings. The zero-order chi connectivity index (χ0) is 15.2. The molecule has 0 saturated carbocycles. The molecule has 0 heterocycles. The second-order valence-electron chi connectivity index (χ2n) is 4.88. The lowest BCUT2D eigenvalue weighted by molar-refractivity contribution is 0.0694. The van der Waals surface area contributed by atoms with Gasteiger partial charge in [-0.1, -0.05) is 31.5 Å². The Morgan fingerprint density at radius 3 is 2.52 bits per heavy atom. The molecule has 0 atom stereocenters. The molecular formula is C17H19NO3. The molecule has 0 unspecified atom stereocenters. The second kappa shape index (κ2) is 6.79. The standard InChI is InChI=1S/C17H19NO3/c1-2-3-5-12-8-10-13(11-9-12)21-16-14(17(19)20)6-4-7-15(16)18/h4,6-11H,2-3,5,18H2,1H3,(H,19,20). The van der Waals surface area contributed by atoms with Crippen LogP contribution < -0.4 is 10.5 Å². The number of hydrogen-bond acceptors (Lipinski definition) is 3. The van der Waals surface area contributed by atoms with Crippen molar-refractivity contribution in [2.75, 3.05) is 5.73 Å². The van der Waals surface area contributed by atoms with Crippen LogP contribution in [0.15, 0.2) is 42.5 Å². The van der Waals surface area contributed by atoms with E-state index in [0.717, 1.165) is 19.3 Å². The first kappa shape index (κ1) is 14.9. The molecule has 4 heteroatoms. The highest BCUT2D eigenvalue weighted by Crippen LogP contribution is 2.31. The van der Waals surface area contributed by atoms with Crippen LogP contribution in [-0.4, -0.2) is 11.1 Å². The number of para-hydroxylation sites is 1. The average molecular weight is 285 g/mol. The zero-order valence-corrected chi connectivity index (χ0v) is 12.0. The molecule has 4 nitrogen and oxygen atoms in total. The van der Waals surface area contributed by atoms with Crippen LogP contribution in [0.2, 0.25) is 0 Å². The van der Waals surface area contributed by atoms with Crippen molar-refractivity contribution in [3.05, 3.63) is 53.6 Å². The van der Waals surface area contributed by atoms with Gasteiger partial charge in [-0.05, 0) is 42.7 Å². The summed E-state index contributed by atoms with van der Waals surface area (Å²) in [7, 11) is 0. The third-order valence-electron chi connectivity index (χ3n) is 3.24. The van der Waals surface area contributed by atoms with Crippen LogP contribution in [0, 0.1) is 0 Å². The number of hydrogen-bond donors (Lipinski definition) is 2. The molecule has 0 radical (unpaired) electrons. The third kappa shape index (κ3) is 3.75. The van der Waals surface area contributed by atoms with Crippen molar-refractivity contribution in [1.82, 2.24) is 0 Å². The number of carboxylic acids is 1. The molecule has 110 valence electrons. The zero-order valence-electron chi connectivity index (χ0n) is 12.0. The molecule has 0 bridgehead atoms. The Bertz CT molecular complexity index is 620. The van der Waals surface area contributed by atoms with Crippen molar-refractivity contribution in [3.63, 3.8) is 0 Å². The predicted molar refractivity (Wildman–Crippen MR) is 82.9 cm³/mol. The quantitative estimate of drug-likeness (QED) is 0.784. The van der Waals surface area contributed by atoms with Gasteiger partial charge in [0.15, 0.2) is 5.75 Å². The Kier molecular flexibility index (Phi) is 4.82. The minimum absolute atomic E-state index is 0.0602. The Morgan fingerprint density at radius 1 is 1.19 bits per heavy atom. The van der Waals surface area contributed by atoms with Crippen LogP contribution >= 0.6 is 0 Å². The Morgan fingerprint density at radius 2 is 1.90 bits per heavy atom. The van der Waals surface area contributed by atoms with Crippen LogP contribution in [0.25, 0.3) is 0 Å². The number of rotatable bonds is 6. The summed E-state index contributed by atoms with van der Waals surface area (Å²) < 4.78 is 5.66. The first-order valence-electron chi connectivity index (χ1n) is 7.00. The summed E-state index contributed by atoms with van der Waals surface area (Å²) in [5.74, 6) is -0.293. The molecule has 0 aromatic heterocycles. The van der Waals surface area contributed by atoms with Gasteiger partial charge in [0.1, 0.15) is 11.3 Å². The van der Waals surface area contributed by atoms with Crippen LogP contribution in [-0.2, 0) is 6.42 Å². The molecule has 0 spiro atoms. The predicted octanol–water partition coefficient (Wildman–Crippen LogP) is 4.10. The van der Waals surface area contributed by atoms with Crippen molar-refractivity contribution < 1.29 is 14.6 Å². The Balaban J connectivity index is 2.20. The lowest BCUT2D eigenvalue weighted by Gasteiger charge is -2.11. The van der Waals surface area contributed by atoms with Gasteiger partial charge in [0.2, 0.25) is 0 Å². The number of carbonyl (C=O) groups is 1. The van der Waals surface area contributed by atoms with Crippen molar-refractivity contribution >= 4 is 11.7 Å². The highest BCUT2D eigenvalue weighted by molar-refractivity contribution is 5.93. The Labute approximate surface area is 124 Å². The largest absolute Gasteiger partial charge is 0.478 e. The molecule has 3 N–H and O–H groups in total. The number of unbranched alkanes of at least 4 members (excludes halogenated alkanes) is 1. The van der Waals surface area contributed by atoms with Gasteiger partial charge in [0, 0.05) is 0 Å². The SMILES string of the molecule is CCCCc1ccc(Oc2c(N)cccc2C(=O)O)cc1. The number of nitrogens with two attached hydrogens (primary N) is 1. The summed E-state index contributed by atoms with van der Waals surface area (Å²) in [5, 5.41) is 9.17. The average Bonchev–Trinajstić information content (AvgIpc) is 2.48. The molecule has 0 aliphatic carbocycles. The van der Waals surface area contributed by atoms with Gasteiger partial charge in [-0.2, -0.15) is 0 Å². The summed E-state index contributed by atoms with van der Waals surface area (Å²) in [6, 6.07) is 12.3. The van der Waals surface area contributed by atoms with Gasteiger partial charge >= 0.3 is 5.97 Å². The minimum Gasteiger partial charge on any atom is -0.478 e. The highest BCUT2D eigenvalue weighted by Gasteiger charge is 2.14. The van der Waals surface area contributed by atoms with E-state index in [1.807, 2.05) is 24.3 Å². The highest BCUT2D eigenvalue weighted by atomic mass is 16.5. The second-order valence-corrected chi connectivity index (χ2v) is 4.88. The molecule has 2 aromatic rings. The van der Waals surface area contributed by atoms with Crippen LogP contribution in [0.1, 0.15) is 35.7 Å². The fourth-order valence-electron chi connectivity index (χ4n) is 2.06. The van der Waals surface area contributed by atoms with E-state index in [4.69, 9.17) is 10.5 Å². The van der Waals surface area contributed by atoms with Crippen molar-refractivity contribution in [2.24, 2.45) is 0 Å². The monoisotopic (exact) mass is 285 g/mol. The molecule has 2 aromatic carbocycles. The molecule has 0 amide bonds. The van der Waals surface area contributed by atoms with E-state index in [1.165, 1.54) is 11.6 Å². The fraction of sp³-hybridized carbons (Fsp3) is 0.235. The summed E-state index contributed by atoms with van der Waals surface area (Å²) in [6.07, 6.45) is 3.33. The maximum atomic E-state index is 11.2. The Hall–Kier alpha value is -2.49. The number of anilines is 1. The number of nitrogen functional groups attached to an aromatic ring is 1. The molecule has 0 aliphatic rings. The number of benzene rings is 2. The van der Waals surface area contributed by atoms with Crippen LogP contribution in [0.5, 0.6) is 11.5 Å². The van der Waals surface area contributed by atoms with Crippen molar-refractivity contribution in [1.29, 1.82) is 0 Å². The van der Waals surface area contributed by atoms with Crippen molar-refractivity contribution in [3.8, 4) is 11.5 Å². The maximum absolute atomic E-state index is 11.2. The lowest BCUT2D eigenvalue weighted by atomic mass is 10.1.